The second kappa shape index (κ2) is 5.51. The van der Waals surface area contributed by atoms with Crippen LogP contribution in [0.5, 0.6) is 0 Å². The van der Waals surface area contributed by atoms with E-state index in [1.165, 1.54) is 39.1 Å². The third kappa shape index (κ3) is 3.52. The van der Waals surface area contributed by atoms with Gasteiger partial charge in [0.05, 0.1) is 0 Å². The van der Waals surface area contributed by atoms with Crippen LogP contribution in [0, 0.1) is 0 Å². The molecule has 1 fully saturated rings. The monoisotopic (exact) mass is 170 g/mol. The van der Waals surface area contributed by atoms with Crippen LogP contribution in [0.2, 0.25) is 0 Å². The first-order valence-electron chi connectivity index (χ1n) is 4.79. The highest BCUT2D eigenvalue weighted by molar-refractivity contribution is 4.73. The Bertz CT molecular complexity index is 108. The molecule has 0 unspecified atom stereocenters. The van der Waals surface area contributed by atoms with Crippen LogP contribution in [-0.4, -0.2) is 63.2 Å². The van der Waals surface area contributed by atoms with Gasteiger partial charge in [0, 0.05) is 26.2 Å². The zero-order valence-corrected chi connectivity index (χ0v) is 8.29. The molecule has 0 radical (unpaired) electrons. The number of piperazine rings is 1. The second-order valence-corrected chi connectivity index (χ2v) is 3.54. The summed E-state index contributed by atoms with van der Waals surface area (Å²) in [7, 11) is 4.09. The van der Waals surface area contributed by atoms with Crippen molar-refractivity contribution in [3.8, 4) is 0 Å². The van der Waals surface area contributed by atoms with Crippen LogP contribution in [0.4, 0.5) is 0 Å². The molecule has 1 saturated heterocycles. The van der Waals surface area contributed by atoms with Gasteiger partial charge in [0.25, 0.3) is 0 Å². The lowest BCUT2D eigenvalue weighted by Gasteiger charge is -2.32. The maximum atomic E-state index is 4.10. The minimum Gasteiger partial charge on any atom is -0.665 e. The van der Waals surface area contributed by atoms with Crippen LogP contribution >= 0.6 is 0 Å². The maximum Gasteiger partial charge on any atom is 0.0110 e. The van der Waals surface area contributed by atoms with Crippen molar-refractivity contribution in [3.63, 3.8) is 0 Å². The molecule has 0 bridgehead atoms. The molecule has 1 aliphatic rings. The Morgan fingerprint density at radius 3 is 2.42 bits per heavy atom. The van der Waals surface area contributed by atoms with Gasteiger partial charge >= 0.3 is 0 Å². The standard InChI is InChI=1S/C9H20N3/c1-10-4-3-5-12-8-6-11(2)7-9-12/h3-9H2,1-2H3/q-1. The Balaban J connectivity index is 2.01. The number of rotatable bonds is 4. The molecule has 0 aromatic heterocycles. The lowest BCUT2D eigenvalue weighted by atomic mass is 10.3. The van der Waals surface area contributed by atoms with Crippen LogP contribution < -0.4 is 0 Å². The zero-order chi connectivity index (χ0) is 8.81. The van der Waals surface area contributed by atoms with Crippen LogP contribution in [0.3, 0.4) is 0 Å². The van der Waals surface area contributed by atoms with Crippen LogP contribution in [0.15, 0.2) is 0 Å². The molecule has 1 rings (SSSR count). The van der Waals surface area contributed by atoms with Gasteiger partial charge < -0.3 is 15.1 Å². The summed E-state index contributed by atoms with van der Waals surface area (Å²) >= 11 is 0. The van der Waals surface area contributed by atoms with E-state index in [0.717, 1.165) is 6.54 Å². The molecular formula is C9H20N3-. The van der Waals surface area contributed by atoms with Gasteiger partial charge in [-0.15, -0.1) is 6.54 Å². The van der Waals surface area contributed by atoms with Gasteiger partial charge in [0.1, 0.15) is 0 Å². The minimum atomic E-state index is 1.02. The van der Waals surface area contributed by atoms with Gasteiger partial charge in [0.15, 0.2) is 0 Å². The molecule has 0 N–H and O–H groups in total. The predicted molar refractivity (Wildman–Crippen MR) is 52.7 cm³/mol. The molecule has 72 valence electrons. The highest BCUT2D eigenvalue weighted by Gasteiger charge is 2.11. The first-order valence-corrected chi connectivity index (χ1v) is 4.79. The van der Waals surface area contributed by atoms with E-state index in [1.54, 1.807) is 0 Å². The summed E-state index contributed by atoms with van der Waals surface area (Å²) in [5, 5.41) is 4.10. The molecule has 0 saturated carbocycles. The van der Waals surface area contributed by atoms with E-state index in [2.05, 4.69) is 22.2 Å². The number of likely N-dealkylation sites (N-methyl/N-ethyl adjacent to an activating group) is 1. The summed E-state index contributed by atoms with van der Waals surface area (Å²) in [5.74, 6) is 0. The fraction of sp³-hybridized carbons (Fsp3) is 1.00. The van der Waals surface area contributed by atoms with Crippen molar-refractivity contribution >= 4 is 0 Å². The molecule has 0 atom stereocenters. The van der Waals surface area contributed by atoms with E-state index >= 15 is 0 Å². The topological polar surface area (TPSA) is 20.6 Å². The Kier molecular flexibility index (Phi) is 4.58. The van der Waals surface area contributed by atoms with Gasteiger partial charge in [0.2, 0.25) is 0 Å². The molecule has 12 heavy (non-hydrogen) atoms. The molecule has 3 nitrogen and oxygen atoms in total. The lowest BCUT2D eigenvalue weighted by molar-refractivity contribution is 0.154. The molecule has 1 aliphatic heterocycles. The summed E-state index contributed by atoms with van der Waals surface area (Å²) < 4.78 is 0. The SMILES string of the molecule is C[N-]CCCN1CCN(C)CC1. The highest BCUT2D eigenvalue weighted by Crippen LogP contribution is 2.00. The average Bonchev–Trinajstić information content (AvgIpc) is 2.09. The van der Waals surface area contributed by atoms with Crippen molar-refractivity contribution in [2.75, 3.05) is 53.4 Å². The summed E-state index contributed by atoms with van der Waals surface area (Å²) in [5.41, 5.74) is 0. The third-order valence-corrected chi connectivity index (χ3v) is 2.45. The van der Waals surface area contributed by atoms with Crippen LogP contribution in [0.1, 0.15) is 6.42 Å². The summed E-state index contributed by atoms with van der Waals surface area (Å²) in [6.45, 7) is 7.17. The first kappa shape index (κ1) is 9.96. The maximum absolute atomic E-state index is 4.10. The van der Waals surface area contributed by atoms with Crippen LogP contribution in [0.25, 0.3) is 5.32 Å². The quantitative estimate of drug-likeness (QED) is 0.577. The molecule has 0 amide bonds. The van der Waals surface area contributed by atoms with E-state index in [9.17, 15) is 0 Å². The smallest absolute Gasteiger partial charge is 0.0110 e. The van der Waals surface area contributed by atoms with Crippen molar-refractivity contribution in [3.05, 3.63) is 5.32 Å². The Hall–Kier alpha value is -0.120. The molecule has 0 spiro atoms. The second-order valence-electron chi connectivity index (χ2n) is 3.54. The molecule has 0 aromatic rings. The van der Waals surface area contributed by atoms with Crippen molar-refractivity contribution < 1.29 is 0 Å². The average molecular weight is 170 g/mol. The van der Waals surface area contributed by atoms with Crippen molar-refractivity contribution in [2.45, 2.75) is 6.42 Å². The third-order valence-electron chi connectivity index (χ3n) is 2.45. The summed E-state index contributed by atoms with van der Waals surface area (Å²) in [6, 6.07) is 0. The van der Waals surface area contributed by atoms with Crippen molar-refractivity contribution in [1.29, 1.82) is 0 Å². The van der Waals surface area contributed by atoms with E-state index in [1.807, 2.05) is 7.05 Å². The number of hydrogen-bond acceptors (Lipinski definition) is 2. The Labute approximate surface area is 75.7 Å². The molecule has 1 heterocycles. The lowest BCUT2D eigenvalue weighted by Crippen LogP contribution is -2.44. The van der Waals surface area contributed by atoms with Gasteiger partial charge in [-0.3, -0.25) is 0 Å². The fourth-order valence-corrected chi connectivity index (χ4v) is 1.52. The summed E-state index contributed by atoms with van der Waals surface area (Å²) in [4.78, 5) is 4.92. The fourth-order valence-electron chi connectivity index (χ4n) is 1.52. The Morgan fingerprint density at radius 2 is 1.83 bits per heavy atom. The van der Waals surface area contributed by atoms with E-state index in [0.29, 0.717) is 0 Å². The highest BCUT2D eigenvalue weighted by atomic mass is 15.2. The number of hydrogen-bond donors (Lipinski definition) is 0. The normalized spacial score (nSPS) is 21.5. The first-order chi connectivity index (χ1) is 5.83. The van der Waals surface area contributed by atoms with E-state index in [4.69, 9.17) is 0 Å². The molecule has 0 aromatic carbocycles. The molecule has 0 aliphatic carbocycles. The predicted octanol–water partition coefficient (Wildman–Crippen LogP) is 0.627. The molecule has 3 heteroatoms. The number of nitrogens with zero attached hydrogens (tertiary/aromatic N) is 3. The van der Waals surface area contributed by atoms with Gasteiger partial charge in [-0.05, 0) is 13.6 Å². The van der Waals surface area contributed by atoms with E-state index < -0.39 is 0 Å². The zero-order valence-electron chi connectivity index (χ0n) is 8.29. The van der Waals surface area contributed by atoms with Gasteiger partial charge in [-0.25, -0.2) is 0 Å². The van der Waals surface area contributed by atoms with E-state index in [-0.39, 0.29) is 0 Å². The Morgan fingerprint density at radius 1 is 1.17 bits per heavy atom. The van der Waals surface area contributed by atoms with Crippen molar-refractivity contribution in [2.24, 2.45) is 0 Å². The van der Waals surface area contributed by atoms with Crippen LogP contribution in [-0.2, 0) is 0 Å². The largest absolute Gasteiger partial charge is 0.665 e. The van der Waals surface area contributed by atoms with Gasteiger partial charge in [-0.2, -0.15) is 7.05 Å². The van der Waals surface area contributed by atoms with Crippen molar-refractivity contribution in [1.82, 2.24) is 9.80 Å². The summed E-state index contributed by atoms with van der Waals surface area (Å²) in [6.07, 6.45) is 1.22. The minimum absolute atomic E-state index is 1.02. The molecular weight excluding hydrogens is 150 g/mol. The van der Waals surface area contributed by atoms with Gasteiger partial charge in [-0.1, -0.05) is 6.42 Å².